The molecule has 2 aliphatic heterocycles. The lowest BCUT2D eigenvalue weighted by molar-refractivity contribution is -0.137. The maximum absolute atomic E-state index is 12.9. The van der Waals surface area contributed by atoms with E-state index in [4.69, 9.17) is 11.6 Å². The van der Waals surface area contributed by atoms with Crippen LogP contribution in [-0.2, 0) is 4.79 Å². The van der Waals surface area contributed by atoms with Crippen molar-refractivity contribution >= 4 is 23.3 Å². The standard InChI is InChI=1S/C21H26ClN5O/c1-25-11-13-26(14-12-25)21(28)17-3-2-10-27(15-17)20-9-8-19(23-24-20)16-4-6-18(22)7-5-16/h4-9,17H,2-3,10-15H2,1H3. The summed E-state index contributed by atoms with van der Waals surface area (Å²) in [6.45, 7) is 5.23. The first-order valence-corrected chi connectivity index (χ1v) is 10.3. The van der Waals surface area contributed by atoms with Crippen molar-refractivity contribution in [3.8, 4) is 11.3 Å². The zero-order valence-electron chi connectivity index (χ0n) is 16.2. The van der Waals surface area contributed by atoms with Gasteiger partial charge in [0, 0.05) is 49.9 Å². The number of piperazine rings is 1. The zero-order chi connectivity index (χ0) is 19.5. The number of likely N-dealkylation sites (N-methyl/N-ethyl adjacent to an activating group) is 1. The van der Waals surface area contributed by atoms with Crippen molar-refractivity contribution in [2.24, 2.45) is 5.92 Å². The van der Waals surface area contributed by atoms with Crippen molar-refractivity contribution in [3.63, 3.8) is 0 Å². The van der Waals surface area contributed by atoms with Crippen LogP contribution in [0.3, 0.4) is 0 Å². The molecular weight excluding hydrogens is 374 g/mol. The maximum Gasteiger partial charge on any atom is 0.227 e. The number of hydrogen-bond acceptors (Lipinski definition) is 5. The van der Waals surface area contributed by atoms with Crippen molar-refractivity contribution in [3.05, 3.63) is 41.4 Å². The number of halogens is 1. The fourth-order valence-electron chi connectivity index (χ4n) is 3.94. The largest absolute Gasteiger partial charge is 0.354 e. The number of carbonyl (C=O) groups is 1. The summed E-state index contributed by atoms with van der Waals surface area (Å²) in [5.41, 5.74) is 1.81. The van der Waals surface area contributed by atoms with Gasteiger partial charge in [-0.05, 0) is 44.2 Å². The third kappa shape index (κ3) is 4.28. The van der Waals surface area contributed by atoms with E-state index in [1.807, 2.05) is 41.3 Å². The molecule has 1 aromatic carbocycles. The van der Waals surface area contributed by atoms with Crippen molar-refractivity contribution in [2.75, 3.05) is 51.2 Å². The second kappa shape index (κ2) is 8.45. The number of nitrogens with zero attached hydrogens (tertiary/aromatic N) is 5. The SMILES string of the molecule is CN1CCN(C(=O)C2CCCN(c3ccc(-c4ccc(Cl)cc4)nn3)C2)CC1. The molecule has 1 amide bonds. The van der Waals surface area contributed by atoms with Gasteiger partial charge in [-0.25, -0.2) is 0 Å². The molecule has 1 unspecified atom stereocenters. The van der Waals surface area contributed by atoms with Gasteiger partial charge >= 0.3 is 0 Å². The summed E-state index contributed by atoms with van der Waals surface area (Å²) in [5, 5.41) is 9.52. The molecule has 2 saturated heterocycles. The number of anilines is 1. The molecule has 0 radical (unpaired) electrons. The van der Waals surface area contributed by atoms with E-state index in [0.29, 0.717) is 10.9 Å². The molecule has 0 aliphatic carbocycles. The summed E-state index contributed by atoms with van der Waals surface area (Å²) < 4.78 is 0. The van der Waals surface area contributed by atoms with Crippen LogP contribution in [0.15, 0.2) is 36.4 Å². The van der Waals surface area contributed by atoms with Crippen LogP contribution < -0.4 is 4.90 Å². The monoisotopic (exact) mass is 399 g/mol. The summed E-state index contributed by atoms with van der Waals surface area (Å²) >= 11 is 5.95. The first-order valence-electron chi connectivity index (χ1n) is 9.92. The van der Waals surface area contributed by atoms with Gasteiger partial charge in [0.25, 0.3) is 0 Å². The van der Waals surface area contributed by atoms with Gasteiger partial charge in [0.15, 0.2) is 5.82 Å². The van der Waals surface area contributed by atoms with Crippen molar-refractivity contribution in [1.29, 1.82) is 0 Å². The summed E-state index contributed by atoms with van der Waals surface area (Å²) in [6, 6.07) is 11.6. The number of rotatable bonds is 3. The molecule has 1 aromatic heterocycles. The lowest BCUT2D eigenvalue weighted by Gasteiger charge is -2.38. The molecule has 0 saturated carbocycles. The molecule has 28 heavy (non-hydrogen) atoms. The average Bonchev–Trinajstić information content (AvgIpc) is 2.75. The van der Waals surface area contributed by atoms with Crippen molar-refractivity contribution in [2.45, 2.75) is 12.8 Å². The summed E-state index contributed by atoms with van der Waals surface area (Å²) in [4.78, 5) is 19.4. The lowest BCUT2D eigenvalue weighted by Crippen LogP contribution is -2.51. The van der Waals surface area contributed by atoms with Crippen LogP contribution >= 0.6 is 11.6 Å². The minimum Gasteiger partial charge on any atom is -0.354 e. The Kier molecular flexibility index (Phi) is 5.78. The number of piperidine rings is 1. The van der Waals surface area contributed by atoms with E-state index < -0.39 is 0 Å². The lowest BCUT2D eigenvalue weighted by atomic mass is 9.96. The molecule has 7 heteroatoms. The third-order valence-electron chi connectivity index (χ3n) is 5.70. The molecule has 148 valence electrons. The molecule has 2 aliphatic rings. The Bertz CT molecular complexity index is 803. The first kappa shape index (κ1) is 19.2. The molecule has 2 aromatic rings. The molecule has 1 atom stereocenters. The van der Waals surface area contributed by atoms with Crippen LogP contribution in [0.5, 0.6) is 0 Å². The minimum atomic E-state index is 0.0508. The molecule has 0 bridgehead atoms. The second-order valence-corrected chi connectivity index (χ2v) is 8.13. The van der Waals surface area contributed by atoms with E-state index in [-0.39, 0.29) is 5.92 Å². The molecular formula is C21H26ClN5O. The van der Waals surface area contributed by atoms with Gasteiger partial charge in [-0.1, -0.05) is 23.7 Å². The quantitative estimate of drug-likeness (QED) is 0.794. The first-order chi connectivity index (χ1) is 13.6. The van der Waals surface area contributed by atoms with E-state index in [2.05, 4.69) is 27.0 Å². The van der Waals surface area contributed by atoms with E-state index in [9.17, 15) is 4.79 Å². The van der Waals surface area contributed by atoms with E-state index in [1.54, 1.807) is 0 Å². The van der Waals surface area contributed by atoms with Crippen LogP contribution in [0.4, 0.5) is 5.82 Å². The smallest absolute Gasteiger partial charge is 0.227 e. The number of hydrogen-bond donors (Lipinski definition) is 0. The number of benzene rings is 1. The highest BCUT2D eigenvalue weighted by atomic mass is 35.5. The fourth-order valence-corrected chi connectivity index (χ4v) is 4.07. The Hall–Kier alpha value is -2.18. The van der Waals surface area contributed by atoms with E-state index in [0.717, 1.165) is 69.2 Å². The highest BCUT2D eigenvalue weighted by Gasteiger charge is 2.31. The van der Waals surface area contributed by atoms with Gasteiger partial charge in [0.1, 0.15) is 0 Å². The Labute approximate surface area is 171 Å². The minimum absolute atomic E-state index is 0.0508. The van der Waals surface area contributed by atoms with Crippen LogP contribution in [-0.4, -0.2) is 72.2 Å². The van der Waals surface area contributed by atoms with E-state index >= 15 is 0 Å². The Balaban J connectivity index is 1.41. The summed E-state index contributed by atoms with van der Waals surface area (Å²) in [6.07, 6.45) is 1.96. The van der Waals surface area contributed by atoms with Crippen LogP contribution in [0.1, 0.15) is 12.8 Å². The van der Waals surface area contributed by atoms with Gasteiger partial charge in [-0.2, -0.15) is 0 Å². The Morgan fingerprint density at radius 3 is 2.43 bits per heavy atom. The van der Waals surface area contributed by atoms with Crippen LogP contribution in [0.2, 0.25) is 5.02 Å². The van der Waals surface area contributed by atoms with Gasteiger partial charge in [-0.15, -0.1) is 10.2 Å². The molecule has 4 rings (SSSR count). The highest BCUT2D eigenvalue weighted by Crippen LogP contribution is 2.25. The molecule has 3 heterocycles. The molecule has 0 spiro atoms. The zero-order valence-corrected chi connectivity index (χ0v) is 17.0. The number of aromatic nitrogens is 2. The third-order valence-corrected chi connectivity index (χ3v) is 5.95. The van der Waals surface area contributed by atoms with E-state index in [1.165, 1.54) is 0 Å². The van der Waals surface area contributed by atoms with Gasteiger partial charge in [-0.3, -0.25) is 4.79 Å². The predicted molar refractivity (Wildman–Crippen MR) is 111 cm³/mol. The fraction of sp³-hybridized carbons (Fsp3) is 0.476. The van der Waals surface area contributed by atoms with Gasteiger partial charge in [0.2, 0.25) is 5.91 Å². The van der Waals surface area contributed by atoms with Gasteiger partial charge in [0.05, 0.1) is 11.6 Å². The van der Waals surface area contributed by atoms with Gasteiger partial charge < -0.3 is 14.7 Å². The van der Waals surface area contributed by atoms with Crippen molar-refractivity contribution < 1.29 is 4.79 Å². The summed E-state index contributed by atoms with van der Waals surface area (Å²) in [7, 11) is 2.11. The highest BCUT2D eigenvalue weighted by molar-refractivity contribution is 6.30. The molecule has 2 fully saturated rings. The Morgan fingerprint density at radius 1 is 1.00 bits per heavy atom. The molecule has 0 N–H and O–H groups in total. The number of carbonyl (C=O) groups excluding carboxylic acids is 1. The van der Waals surface area contributed by atoms with Crippen molar-refractivity contribution in [1.82, 2.24) is 20.0 Å². The molecule has 6 nitrogen and oxygen atoms in total. The number of amides is 1. The predicted octanol–water partition coefficient (Wildman–Crippen LogP) is 2.79. The summed E-state index contributed by atoms with van der Waals surface area (Å²) in [5.74, 6) is 1.19. The Morgan fingerprint density at radius 2 is 1.75 bits per heavy atom. The normalized spacial score (nSPS) is 21.0. The van der Waals surface area contributed by atoms with Crippen LogP contribution in [0, 0.1) is 5.92 Å². The topological polar surface area (TPSA) is 52.6 Å². The van der Waals surface area contributed by atoms with Crippen LogP contribution in [0.25, 0.3) is 11.3 Å². The second-order valence-electron chi connectivity index (χ2n) is 7.70. The maximum atomic E-state index is 12.9. The average molecular weight is 400 g/mol.